The van der Waals surface area contributed by atoms with Crippen molar-refractivity contribution in [1.82, 2.24) is 20.9 Å². The van der Waals surface area contributed by atoms with Crippen molar-refractivity contribution >= 4 is 11.9 Å². The van der Waals surface area contributed by atoms with Crippen LogP contribution in [0.3, 0.4) is 0 Å². The molecule has 0 aliphatic carbocycles. The van der Waals surface area contributed by atoms with Gasteiger partial charge in [0.1, 0.15) is 5.76 Å². The monoisotopic (exact) mass is 315 g/mol. The Labute approximate surface area is 135 Å². The molecule has 0 aromatic carbocycles. The van der Waals surface area contributed by atoms with E-state index in [9.17, 15) is 4.79 Å². The average Bonchev–Trinajstić information content (AvgIpc) is 3.10. The second kappa shape index (κ2) is 9.24. The number of aromatic nitrogens is 1. The Morgan fingerprint density at radius 3 is 2.83 bits per heavy atom. The van der Waals surface area contributed by atoms with Crippen molar-refractivity contribution in [2.24, 2.45) is 4.99 Å². The fraction of sp³-hybridized carbons (Fsp3) is 0.312. The van der Waals surface area contributed by atoms with Gasteiger partial charge in [-0.3, -0.25) is 9.78 Å². The minimum Gasteiger partial charge on any atom is -0.467 e. The Morgan fingerprint density at radius 2 is 2.13 bits per heavy atom. The maximum atomic E-state index is 11.8. The third-order valence-corrected chi connectivity index (χ3v) is 2.93. The van der Waals surface area contributed by atoms with Crippen LogP contribution >= 0.6 is 0 Å². The maximum absolute atomic E-state index is 11.8. The predicted molar refractivity (Wildman–Crippen MR) is 87.6 cm³/mol. The van der Waals surface area contributed by atoms with E-state index in [1.165, 1.54) is 0 Å². The van der Waals surface area contributed by atoms with Gasteiger partial charge < -0.3 is 20.4 Å². The third kappa shape index (κ3) is 6.21. The molecule has 0 bridgehead atoms. The third-order valence-electron chi connectivity index (χ3n) is 2.93. The molecule has 1 amide bonds. The normalized spacial score (nSPS) is 11.1. The van der Waals surface area contributed by atoms with Crippen LogP contribution in [0.5, 0.6) is 0 Å². The molecule has 0 spiro atoms. The molecule has 0 fully saturated rings. The highest BCUT2D eigenvalue weighted by molar-refractivity contribution is 5.86. The fourth-order valence-corrected chi connectivity index (χ4v) is 1.82. The summed E-state index contributed by atoms with van der Waals surface area (Å²) < 4.78 is 5.16. The minimum atomic E-state index is -0.134. The van der Waals surface area contributed by atoms with Crippen LogP contribution in [-0.2, 0) is 17.9 Å². The first-order chi connectivity index (χ1) is 11.3. The molecular weight excluding hydrogens is 294 g/mol. The van der Waals surface area contributed by atoms with E-state index in [1.807, 2.05) is 31.2 Å². The van der Waals surface area contributed by atoms with Gasteiger partial charge in [-0.25, -0.2) is 4.99 Å². The lowest BCUT2D eigenvalue weighted by Gasteiger charge is -2.11. The molecule has 0 aliphatic heterocycles. The number of furan rings is 1. The lowest BCUT2D eigenvalue weighted by atomic mass is 10.3. The Kier molecular flexibility index (Phi) is 6.65. The van der Waals surface area contributed by atoms with E-state index in [2.05, 4.69) is 25.9 Å². The molecule has 0 saturated carbocycles. The molecule has 0 atom stereocenters. The van der Waals surface area contributed by atoms with Gasteiger partial charge in [0.25, 0.3) is 0 Å². The summed E-state index contributed by atoms with van der Waals surface area (Å²) >= 11 is 0. The molecule has 0 saturated heterocycles. The summed E-state index contributed by atoms with van der Waals surface area (Å²) in [6, 6.07) is 9.28. The van der Waals surface area contributed by atoms with Crippen molar-refractivity contribution in [2.75, 3.05) is 13.1 Å². The highest BCUT2D eigenvalue weighted by Crippen LogP contribution is 1.98. The molecule has 0 aliphatic rings. The van der Waals surface area contributed by atoms with Crippen LogP contribution in [0.2, 0.25) is 0 Å². The first kappa shape index (κ1) is 16.5. The highest BCUT2D eigenvalue weighted by atomic mass is 16.3. The number of carbonyl (C=O) groups excluding carboxylic acids is 1. The summed E-state index contributed by atoms with van der Waals surface area (Å²) in [5.74, 6) is 1.16. The van der Waals surface area contributed by atoms with Gasteiger partial charge in [0.15, 0.2) is 5.96 Å². The Bertz CT molecular complexity index is 611. The zero-order chi connectivity index (χ0) is 16.3. The molecule has 23 heavy (non-hydrogen) atoms. The summed E-state index contributed by atoms with van der Waals surface area (Å²) in [6.07, 6.45) is 3.31. The van der Waals surface area contributed by atoms with Crippen molar-refractivity contribution in [2.45, 2.75) is 20.0 Å². The average molecular weight is 315 g/mol. The smallest absolute Gasteiger partial charge is 0.239 e. The van der Waals surface area contributed by atoms with Crippen molar-refractivity contribution in [1.29, 1.82) is 0 Å². The number of hydrogen-bond donors (Lipinski definition) is 3. The Balaban J connectivity index is 1.78. The van der Waals surface area contributed by atoms with Gasteiger partial charge in [-0.05, 0) is 31.2 Å². The van der Waals surface area contributed by atoms with Crippen molar-refractivity contribution in [3.63, 3.8) is 0 Å². The summed E-state index contributed by atoms with van der Waals surface area (Å²) in [5.41, 5.74) is 0.868. The number of hydrogen-bond acceptors (Lipinski definition) is 4. The number of aliphatic imine (C=N–C) groups is 1. The zero-order valence-corrected chi connectivity index (χ0v) is 13.1. The number of nitrogens with one attached hydrogen (secondary N) is 3. The van der Waals surface area contributed by atoms with Crippen molar-refractivity contribution in [3.05, 3.63) is 54.2 Å². The second-order valence-corrected chi connectivity index (χ2v) is 4.73. The van der Waals surface area contributed by atoms with Crippen LogP contribution < -0.4 is 16.0 Å². The molecule has 0 radical (unpaired) electrons. The lowest BCUT2D eigenvalue weighted by Crippen LogP contribution is -2.43. The van der Waals surface area contributed by atoms with Gasteiger partial charge >= 0.3 is 0 Å². The van der Waals surface area contributed by atoms with E-state index in [0.29, 0.717) is 31.4 Å². The van der Waals surface area contributed by atoms with Crippen molar-refractivity contribution < 1.29 is 9.21 Å². The Hall–Kier alpha value is -2.83. The van der Waals surface area contributed by atoms with E-state index < -0.39 is 0 Å². The largest absolute Gasteiger partial charge is 0.467 e. The Morgan fingerprint density at radius 1 is 1.22 bits per heavy atom. The molecule has 2 aromatic heterocycles. The number of nitrogens with zero attached hydrogens (tertiary/aromatic N) is 2. The summed E-state index contributed by atoms with van der Waals surface area (Å²) in [7, 11) is 0. The minimum absolute atomic E-state index is 0.134. The number of guanidine groups is 1. The number of carbonyl (C=O) groups is 1. The fourth-order valence-electron chi connectivity index (χ4n) is 1.82. The molecule has 2 rings (SSSR count). The van der Waals surface area contributed by atoms with E-state index in [4.69, 9.17) is 4.42 Å². The van der Waals surface area contributed by atoms with Crippen LogP contribution in [-0.4, -0.2) is 29.9 Å². The quantitative estimate of drug-likeness (QED) is 0.525. The standard InChI is InChI=1S/C16H21N5O2/c1-2-17-16(20-10-13-6-3-4-8-18-13)21-12-15(22)19-11-14-7-5-9-23-14/h3-9H,2,10-12H2,1H3,(H,19,22)(H2,17,20,21). The van der Waals surface area contributed by atoms with Gasteiger partial charge in [0, 0.05) is 12.7 Å². The molecule has 7 heteroatoms. The van der Waals surface area contributed by atoms with E-state index >= 15 is 0 Å². The molecule has 2 heterocycles. The lowest BCUT2D eigenvalue weighted by molar-refractivity contribution is -0.120. The number of rotatable bonds is 7. The summed E-state index contributed by atoms with van der Waals surface area (Å²) in [6.45, 7) is 3.63. The zero-order valence-electron chi connectivity index (χ0n) is 13.1. The van der Waals surface area contributed by atoms with Gasteiger partial charge in [0.2, 0.25) is 5.91 Å². The van der Waals surface area contributed by atoms with Gasteiger partial charge in [-0.15, -0.1) is 0 Å². The summed E-state index contributed by atoms with van der Waals surface area (Å²) in [4.78, 5) is 20.4. The molecule has 122 valence electrons. The van der Waals surface area contributed by atoms with E-state index in [1.54, 1.807) is 18.5 Å². The predicted octanol–water partition coefficient (Wildman–Crippen LogP) is 1.05. The van der Waals surface area contributed by atoms with E-state index in [-0.39, 0.29) is 12.5 Å². The first-order valence-electron chi connectivity index (χ1n) is 7.49. The highest BCUT2D eigenvalue weighted by Gasteiger charge is 2.04. The van der Waals surface area contributed by atoms with Crippen LogP contribution in [0.25, 0.3) is 0 Å². The molecule has 2 aromatic rings. The van der Waals surface area contributed by atoms with Gasteiger partial charge in [0.05, 0.1) is 31.6 Å². The maximum Gasteiger partial charge on any atom is 0.239 e. The van der Waals surface area contributed by atoms with Crippen molar-refractivity contribution in [3.8, 4) is 0 Å². The number of pyridine rings is 1. The molecule has 0 unspecified atom stereocenters. The second-order valence-electron chi connectivity index (χ2n) is 4.73. The van der Waals surface area contributed by atoms with Gasteiger partial charge in [-0.2, -0.15) is 0 Å². The topological polar surface area (TPSA) is 91.5 Å². The molecular formula is C16H21N5O2. The number of amides is 1. The van der Waals surface area contributed by atoms with Crippen LogP contribution in [0, 0.1) is 0 Å². The SMILES string of the molecule is CCNC(=NCc1ccccn1)NCC(=O)NCc1ccco1. The first-order valence-corrected chi connectivity index (χ1v) is 7.49. The van der Waals surface area contributed by atoms with Crippen LogP contribution in [0.4, 0.5) is 0 Å². The molecule has 3 N–H and O–H groups in total. The van der Waals surface area contributed by atoms with Crippen LogP contribution in [0.1, 0.15) is 18.4 Å². The van der Waals surface area contributed by atoms with E-state index in [0.717, 1.165) is 5.69 Å². The summed E-state index contributed by atoms with van der Waals surface area (Å²) in [5, 5.41) is 8.85. The molecule has 7 nitrogen and oxygen atoms in total. The van der Waals surface area contributed by atoms with Crippen LogP contribution in [0.15, 0.2) is 52.2 Å². The van der Waals surface area contributed by atoms with Gasteiger partial charge in [-0.1, -0.05) is 6.07 Å².